The molecule has 8 nitrogen and oxygen atoms in total. The number of nitrogens with zero attached hydrogens (tertiary/aromatic N) is 6. The van der Waals surface area contributed by atoms with Gasteiger partial charge in [0.25, 0.3) is 0 Å². The van der Waals surface area contributed by atoms with Crippen molar-refractivity contribution in [2.75, 3.05) is 0 Å². The van der Waals surface area contributed by atoms with Gasteiger partial charge in [-0.2, -0.15) is 5.10 Å². The summed E-state index contributed by atoms with van der Waals surface area (Å²) in [5.41, 5.74) is 4.08. The van der Waals surface area contributed by atoms with Crippen LogP contribution in [0.5, 0.6) is 0 Å². The third-order valence-corrected chi connectivity index (χ3v) is 5.08. The van der Waals surface area contributed by atoms with Crippen molar-refractivity contribution in [1.29, 1.82) is 0 Å². The van der Waals surface area contributed by atoms with Gasteiger partial charge in [-0.15, -0.1) is 5.10 Å². The first kappa shape index (κ1) is 20.5. The number of aromatic nitrogens is 7. The number of hydrogen-bond acceptors (Lipinski definition) is 5. The molecule has 0 saturated heterocycles. The molecule has 4 rings (SSSR count). The van der Waals surface area contributed by atoms with Gasteiger partial charge in [-0.1, -0.05) is 61.5 Å². The van der Waals surface area contributed by atoms with Gasteiger partial charge in [0.15, 0.2) is 5.82 Å². The number of hydrogen-bond donors (Lipinski definition) is 1. The molecule has 0 fully saturated rings. The van der Waals surface area contributed by atoms with Gasteiger partial charge in [-0.05, 0) is 46.5 Å². The molecule has 8 heteroatoms. The first-order valence-corrected chi connectivity index (χ1v) is 10.4. The van der Waals surface area contributed by atoms with Gasteiger partial charge < -0.3 is 0 Å². The number of H-pyrrole nitrogens is 1. The number of nitrogens with one attached hydrogen (secondary N) is 1. The van der Waals surface area contributed by atoms with Crippen LogP contribution in [0.1, 0.15) is 31.7 Å². The zero-order chi connectivity index (χ0) is 21.6. The quantitative estimate of drug-likeness (QED) is 0.445. The van der Waals surface area contributed by atoms with Crippen LogP contribution in [0.3, 0.4) is 0 Å². The lowest BCUT2D eigenvalue weighted by atomic mass is 10.0. The fourth-order valence-electron chi connectivity index (χ4n) is 3.49. The van der Waals surface area contributed by atoms with Crippen molar-refractivity contribution < 1.29 is 0 Å². The maximum absolute atomic E-state index is 12.8. The molecule has 2 aromatic carbocycles. The first-order chi connectivity index (χ1) is 15.2. The third-order valence-electron chi connectivity index (χ3n) is 5.08. The maximum Gasteiger partial charge on any atom is 0.346 e. The summed E-state index contributed by atoms with van der Waals surface area (Å²) in [7, 11) is 0. The predicted molar refractivity (Wildman–Crippen MR) is 119 cm³/mol. The fourth-order valence-corrected chi connectivity index (χ4v) is 3.49. The van der Waals surface area contributed by atoms with Crippen molar-refractivity contribution in [3.8, 4) is 22.5 Å². The monoisotopic (exact) mass is 415 g/mol. The Kier molecular flexibility index (Phi) is 6.16. The van der Waals surface area contributed by atoms with E-state index in [4.69, 9.17) is 0 Å². The van der Waals surface area contributed by atoms with Crippen LogP contribution in [0.2, 0.25) is 0 Å². The number of tetrazole rings is 1. The van der Waals surface area contributed by atoms with Crippen LogP contribution in [0, 0.1) is 0 Å². The summed E-state index contributed by atoms with van der Waals surface area (Å²) in [4.78, 5) is 12.8. The third kappa shape index (κ3) is 4.53. The summed E-state index contributed by atoms with van der Waals surface area (Å²) in [6, 6.07) is 16.3. The van der Waals surface area contributed by atoms with Gasteiger partial charge in [0.05, 0.1) is 6.54 Å². The highest BCUT2D eigenvalue weighted by atomic mass is 16.2. The predicted octanol–water partition coefficient (Wildman–Crippen LogP) is 3.47. The Morgan fingerprint density at radius 2 is 1.87 bits per heavy atom. The Morgan fingerprint density at radius 1 is 1.06 bits per heavy atom. The van der Waals surface area contributed by atoms with E-state index < -0.39 is 0 Å². The van der Waals surface area contributed by atoms with Crippen molar-refractivity contribution in [1.82, 2.24) is 35.0 Å². The van der Waals surface area contributed by atoms with Crippen molar-refractivity contribution >= 4 is 0 Å². The van der Waals surface area contributed by atoms with Crippen molar-refractivity contribution in [3.63, 3.8) is 0 Å². The van der Waals surface area contributed by atoms with Gasteiger partial charge in [0.1, 0.15) is 5.82 Å². The summed E-state index contributed by atoms with van der Waals surface area (Å²) >= 11 is 0. The second kappa shape index (κ2) is 9.34. The second-order valence-corrected chi connectivity index (χ2v) is 7.31. The molecular formula is C23H25N7O. The van der Waals surface area contributed by atoms with Crippen LogP contribution < -0.4 is 5.69 Å². The number of rotatable bonds is 8. The van der Waals surface area contributed by atoms with Gasteiger partial charge in [0, 0.05) is 18.5 Å². The largest absolute Gasteiger partial charge is 0.346 e. The Balaban J connectivity index is 1.58. The smallest absolute Gasteiger partial charge is 0.274 e. The molecule has 1 N–H and O–H groups in total. The molecule has 158 valence electrons. The lowest BCUT2D eigenvalue weighted by molar-refractivity contribution is 0.569. The normalized spacial score (nSPS) is 11.4. The molecule has 0 spiro atoms. The molecule has 31 heavy (non-hydrogen) atoms. The number of allylic oxidation sites excluding steroid dienone is 2. The maximum atomic E-state index is 12.8. The first-order valence-electron chi connectivity index (χ1n) is 10.4. The molecule has 0 aliphatic carbocycles. The lowest BCUT2D eigenvalue weighted by Gasteiger charge is -2.07. The minimum atomic E-state index is -0.0567. The molecule has 4 aromatic rings. The van der Waals surface area contributed by atoms with Crippen molar-refractivity contribution in [3.05, 3.63) is 82.6 Å². The van der Waals surface area contributed by atoms with E-state index >= 15 is 0 Å². The minimum Gasteiger partial charge on any atom is -0.274 e. The van der Waals surface area contributed by atoms with Gasteiger partial charge in [-0.3, -0.25) is 4.57 Å². The van der Waals surface area contributed by atoms with Gasteiger partial charge in [0.2, 0.25) is 0 Å². The molecule has 0 unspecified atom stereocenters. The molecule has 0 bridgehead atoms. The number of aryl methyl sites for hydroxylation is 1. The summed E-state index contributed by atoms with van der Waals surface area (Å²) < 4.78 is 3.33. The van der Waals surface area contributed by atoms with Gasteiger partial charge >= 0.3 is 5.69 Å². The minimum absolute atomic E-state index is 0.0567. The standard InChI is InChI=1S/C23H25N7O/c1-3-5-9-21-26-30(14-4-2)23(31)29(21)16-17-10-12-18(13-11-17)19-7-6-8-20(15-19)22-24-27-28-25-22/h3,5-8,10-13,15H,4,9,14,16H2,1-2H3,(H,24,25,27,28)/b5-3+. The fraction of sp³-hybridized carbons (Fsp3) is 0.261. The van der Waals surface area contributed by atoms with Crippen LogP contribution >= 0.6 is 0 Å². The average Bonchev–Trinajstić information content (AvgIpc) is 3.43. The molecule has 0 radical (unpaired) electrons. The Morgan fingerprint density at radius 3 is 2.58 bits per heavy atom. The molecular weight excluding hydrogens is 390 g/mol. The van der Waals surface area contributed by atoms with E-state index in [9.17, 15) is 4.79 Å². The molecule has 0 atom stereocenters. The average molecular weight is 416 g/mol. The molecule has 0 aliphatic rings. The summed E-state index contributed by atoms with van der Waals surface area (Å²) in [6.45, 7) is 5.14. The van der Waals surface area contributed by atoms with Crippen molar-refractivity contribution in [2.45, 2.75) is 39.8 Å². The van der Waals surface area contributed by atoms with Crippen LogP contribution in [0.15, 0.2) is 65.5 Å². The highest BCUT2D eigenvalue weighted by Crippen LogP contribution is 2.24. The second-order valence-electron chi connectivity index (χ2n) is 7.31. The van der Waals surface area contributed by atoms with E-state index in [1.165, 1.54) is 0 Å². The Labute approximate surface area is 180 Å². The molecule has 0 aliphatic heterocycles. The lowest BCUT2D eigenvalue weighted by Crippen LogP contribution is -2.25. The highest BCUT2D eigenvalue weighted by molar-refractivity contribution is 5.70. The zero-order valence-electron chi connectivity index (χ0n) is 17.7. The van der Waals surface area contributed by atoms with Gasteiger partial charge in [-0.25, -0.2) is 14.6 Å². The van der Waals surface area contributed by atoms with E-state index in [2.05, 4.69) is 56.1 Å². The molecule has 0 amide bonds. The molecule has 2 aromatic heterocycles. The summed E-state index contributed by atoms with van der Waals surface area (Å²) in [6.07, 6.45) is 5.52. The van der Waals surface area contributed by atoms with Crippen LogP contribution in [-0.4, -0.2) is 35.0 Å². The molecule has 2 heterocycles. The number of aromatic amines is 1. The van der Waals surface area contributed by atoms with E-state index in [1.807, 2.05) is 44.2 Å². The van der Waals surface area contributed by atoms with E-state index in [0.717, 1.165) is 34.5 Å². The van der Waals surface area contributed by atoms with E-state index in [0.29, 0.717) is 25.3 Å². The molecule has 0 saturated carbocycles. The van der Waals surface area contributed by atoms with Crippen molar-refractivity contribution in [2.24, 2.45) is 0 Å². The van der Waals surface area contributed by atoms with E-state index in [-0.39, 0.29) is 5.69 Å². The SMILES string of the molecule is C/C=C/Cc1nn(CCC)c(=O)n1Cc1ccc(-c2cccc(-c3nnn[nH]3)c2)cc1. The highest BCUT2D eigenvalue weighted by Gasteiger charge is 2.12. The number of benzene rings is 2. The Bertz CT molecular complexity index is 1220. The van der Waals surface area contributed by atoms with E-state index in [1.54, 1.807) is 9.25 Å². The van der Waals surface area contributed by atoms with Crippen LogP contribution in [0.4, 0.5) is 0 Å². The van der Waals surface area contributed by atoms with Crippen LogP contribution in [-0.2, 0) is 19.5 Å². The summed E-state index contributed by atoms with van der Waals surface area (Å²) in [5.74, 6) is 1.42. The Hall–Kier alpha value is -3.81. The zero-order valence-corrected chi connectivity index (χ0v) is 17.7. The summed E-state index contributed by atoms with van der Waals surface area (Å²) in [5, 5.41) is 18.6. The topological polar surface area (TPSA) is 94.3 Å². The van der Waals surface area contributed by atoms with Crippen LogP contribution in [0.25, 0.3) is 22.5 Å².